The molecule has 0 radical (unpaired) electrons. The van der Waals surface area contributed by atoms with Gasteiger partial charge in [0.25, 0.3) is 5.91 Å². The molecular weight excluding hydrogens is 462 g/mol. The van der Waals surface area contributed by atoms with Gasteiger partial charge in [-0.25, -0.2) is 13.6 Å². The molecule has 1 aliphatic heterocycles. The molecule has 1 amide bonds. The lowest BCUT2D eigenvalue weighted by molar-refractivity contribution is 0.0630. The second-order valence-corrected chi connectivity index (χ2v) is 11.3. The Balaban J connectivity index is 1.34. The van der Waals surface area contributed by atoms with Gasteiger partial charge in [-0.2, -0.15) is 0 Å². The molecule has 2 aromatic heterocycles. The van der Waals surface area contributed by atoms with Gasteiger partial charge in [-0.15, -0.1) is 22.7 Å². The third-order valence-electron chi connectivity index (χ3n) is 4.91. The molecule has 0 spiro atoms. The fraction of sp³-hybridized carbons (Fsp3) is 0.250. The first kappa shape index (κ1) is 21.5. The van der Waals surface area contributed by atoms with Gasteiger partial charge in [0.15, 0.2) is 0 Å². The largest absolute Gasteiger partial charge is 0.336 e. The van der Waals surface area contributed by atoms with Crippen molar-refractivity contribution in [1.29, 1.82) is 0 Å². The molecule has 1 fully saturated rings. The van der Waals surface area contributed by atoms with Crippen molar-refractivity contribution in [2.75, 3.05) is 26.2 Å². The Morgan fingerprint density at radius 2 is 1.87 bits per heavy atom. The van der Waals surface area contributed by atoms with E-state index < -0.39 is 10.0 Å². The Bertz CT molecular complexity index is 1160. The van der Waals surface area contributed by atoms with Gasteiger partial charge in [-0.1, -0.05) is 23.7 Å². The predicted octanol–water partition coefficient (Wildman–Crippen LogP) is 3.74. The number of primary sulfonamides is 1. The number of thiophene rings is 2. The molecule has 3 aromatic rings. The maximum absolute atomic E-state index is 12.7. The van der Waals surface area contributed by atoms with Crippen molar-refractivity contribution in [3.05, 3.63) is 63.3 Å². The van der Waals surface area contributed by atoms with Crippen molar-refractivity contribution in [3.63, 3.8) is 0 Å². The number of hydrogen-bond acceptors (Lipinski definition) is 6. The van der Waals surface area contributed by atoms with E-state index in [0.717, 1.165) is 41.6 Å². The smallest absolute Gasteiger partial charge is 0.254 e. The summed E-state index contributed by atoms with van der Waals surface area (Å²) >= 11 is 8.82. The van der Waals surface area contributed by atoms with Crippen molar-refractivity contribution >= 4 is 50.2 Å². The number of nitrogens with zero attached hydrogens (tertiary/aromatic N) is 2. The van der Waals surface area contributed by atoms with Gasteiger partial charge in [0.05, 0.1) is 5.56 Å². The molecule has 0 unspecified atom stereocenters. The number of rotatable bonds is 5. The Labute approximate surface area is 188 Å². The van der Waals surface area contributed by atoms with Crippen LogP contribution in [0.4, 0.5) is 0 Å². The lowest BCUT2D eigenvalue weighted by Gasteiger charge is -2.34. The Morgan fingerprint density at radius 1 is 1.10 bits per heavy atom. The van der Waals surface area contributed by atoms with E-state index in [9.17, 15) is 13.2 Å². The second kappa shape index (κ2) is 8.78. The quantitative estimate of drug-likeness (QED) is 0.601. The third-order valence-corrected chi connectivity index (χ3v) is 8.65. The minimum Gasteiger partial charge on any atom is -0.336 e. The summed E-state index contributed by atoms with van der Waals surface area (Å²) in [5.74, 6) is -0.153. The highest BCUT2D eigenvalue weighted by Gasteiger charge is 2.24. The molecule has 0 atom stereocenters. The highest BCUT2D eigenvalue weighted by molar-refractivity contribution is 7.91. The lowest BCUT2D eigenvalue weighted by atomic mass is 10.2. The molecule has 30 heavy (non-hydrogen) atoms. The zero-order chi connectivity index (χ0) is 21.3. The first-order valence-corrected chi connectivity index (χ1v) is 12.9. The number of nitrogens with two attached hydrogens (primary N) is 1. The fourth-order valence-electron chi connectivity index (χ4n) is 3.35. The van der Waals surface area contributed by atoms with Crippen LogP contribution in [0, 0.1) is 0 Å². The average Bonchev–Trinajstić information content (AvgIpc) is 3.38. The van der Waals surface area contributed by atoms with E-state index in [-0.39, 0.29) is 10.1 Å². The van der Waals surface area contributed by atoms with Crippen LogP contribution in [0.25, 0.3) is 10.4 Å². The highest BCUT2D eigenvalue weighted by atomic mass is 35.5. The Kier molecular flexibility index (Phi) is 6.29. The van der Waals surface area contributed by atoms with E-state index in [2.05, 4.69) is 23.1 Å². The molecule has 0 saturated carbocycles. The molecule has 10 heteroatoms. The molecule has 1 aromatic carbocycles. The van der Waals surface area contributed by atoms with E-state index in [1.807, 2.05) is 18.2 Å². The fourth-order valence-corrected chi connectivity index (χ4v) is 6.17. The van der Waals surface area contributed by atoms with Crippen LogP contribution in [0.1, 0.15) is 15.2 Å². The minimum atomic E-state index is -3.78. The number of carbonyl (C=O) groups is 1. The average molecular weight is 482 g/mol. The van der Waals surface area contributed by atoms with Gasteiger partial charge in [0.1, 0.15) is 4.21 Å². The van der Waals surface area contributed by atoms with Gasteiger partial charge in [-0.05, 0) is 35.9 Å². The summed E-state index contributed by atoms with van der Waals surface area (Å²) in [6.45, 7) is 3.57. The number of hydrogen-bond donors (Lipinski definition) is 1. The van der Waals surface area contributed by atoms with Crippen molar-refractivity contribution in [1.82, 2.24) is 9.80 Å². The van der Waals surface area contributed by atoms with Crippen molar-refractivity contribution in [3.8, 4) is 10.4 Å². The molecule has 2 N–H and O–H groups in total. The van der Waals surface area contributed by atoms with Crippen LogP contribution in [0.5, 0.6) is 0 Å². The van der Waals surface area contributed by atoms with Gasteiger partial charge in [0, 0.05) is 52.9 Å². The topological polar surface area (TPSA) is 83.7 Å². The van der Waals surface area contributed by atoms with Crippen LogP contribution >= 0.6 is 34.3 Å². The Morgan fingerprint density at radius 3 is 2.53 bits per heavy atom. The molecule has 1 aliphatic rings. The zero-order valence-corrected chi connectivity index (χ0v) is 19.2. The monoisotopic (exact) mass is 481 g/mol. The van der Waals surface area contributed by atoms with Crippen LogP contribution in [0.3, 0.4) is 0 Å². The summed E-state index contributed by atoms with van der Waals surface area (Å²) in [6.07, 6.45) is 0. The molecular formula is C20H20ClN3O3S3. The first-order valence-electron chi connectivity index (χ1n) is 9.27. The van der Waals surface area contributed by atoms with Crippen molar-refractivity contribution < 1.29 is 13.2 Å². The second-order valence-electron chi connectivity index (χ2n) is 7.04. The standard InChI is InChI=1S/C20H20ClN3O3S3/c21-16-3-1-2-14(10-16)18-5-4-17(29-18)12-23-6-8-24(9-7-23)20(25)15-11-19(28-13-15)30(22,26)27/h1-5,10-11,13H,6-9,12H2,(H2,22,26,27). The SMILES string of the molecule is NS(=O)(=O)c1cc(C(=O)N2CCN(Cc3ccc(-c4cccc(Cl)c4)s3)CC2)cs1. The maximum atomic E-state index is 12.7. The van der Waals surface area contributed by atoms with Gasteiger partial charge < -0.3 is 4.90 Å². The lowest BCUT2D eigenvalue weighted by Crippen LogP contribution is -2.48. The van der Waals surface area contributed by atoms with Crippen molar-refractivity contribution in [2.45, 2.75) is 10.8 Å². The highest BCUT2D eigenvalue weighted by Crippen LogP contribution is 2.30. The summed E-state index contributed by atoms with van der Waals surface area (Å²) in [5, 5.41) is 7.41. The molecule has 158 valence electrons. The summed E-state index contributed by atoms with van der Waals surface area (Å²) in [4.78, 5) is 19.2. The van der Waals surface area contributed by atoms with E-state index >= 15 is 0 Å². The van der Waals surface area contributed by atoms with Crippen LogP contribution in [0.15, 0.2) is 52.1 Å². The summed E-state index contributed by atoms with van der Waals surface area (Å²) in [5.41, 5.74) is 1.49. The van der Waals surface area contributed by atoms with Gasteiger partial charge in [0.2, 0.25) is 10.0 Å². The number of carbonyl (C=O) groups excluding carboxylic acids is 1. The minimum absolute atomic E-state index is 0.0117. The summed E-state index contributed by atoms with van der Waals surface area (Å²) in [7, 11) is -3.78. The predicted molar refractivity (Wildman–Crippen MR) is 122 cm³/mol. The third kappa shape index (κ3) is 4.93. The number of piperazine rings is 1. The normalized spacial score (nSPS) is 15.5. The molecule has 4 rings (SSSR count). The zero-order valence-electron chi connectivity index (χ0n) is 16.0. The summed E-state index contributed by atoms with van der Waals surface area (Å²) in [6, 6.07) is 13.4. The summed E-state index contributed by atoms with van der Waals surface area (Å²) < 4.78 is 22.9. The molecule has 6 nitrogen and oxygen atoms in total. The van der Waals surface area contributed by atoms with Crippen LogP contribution < -0.4 is 5.14 Å². The molecule has 3 heterocycles. The van der Waals surface area contributed by atoms with Crippen LogP contribution in [0.2, 0.25) is 5.02 Å². The van der Waals surface area contributed by atoms with Gasteiger partial charge >= 0.3 is 0 Å². The van der Waals surface area contributed by atoms with Crippen LogP contribution in [-0.4, -0.2) is 50.3 Å². The Hall–Kier alpha value is -1.75. The van der Waals surface area contributed by atoms with E-state index in [4.69, 9.17) is 16.7 Å². The number of benzene rings is 1. The molecule has 1 saturated heterocycles. The molecule has 0 bridgehead atoms. The van der Waals surface area contributed by atoms with Crippen molar-refractivity contribution in [2.24, 2.45) is 5.14 Å². The maximum Gasteiger partial charge on any atom is 0.254 e. The number of sulfonamides is 1. The number of amides is 1. The van der Waals surface area contributed by atoms with E-state index in [1.165, 1.54) is 15.8 Å². The molecule has 0 aliphatic carbocycles. The van der Waals surface area contributed by atoms with E-state index in [0.29, 0.717) is 18.7 Å². The number of halogens is 1. The van der Waals surface area contributed by atoms with Gasteiger partial charge in [-0.3, -0.25) is 9.69 Å². The first-order chi connectivity index (χ1) is 14.3. The van der Waals surface area contributed by atoms with E-state index in [1.54, 1.807) is 21.6 Å². The van der Waals surface area contributed by atoms with Crippen LogP contribution in [-0.2, 0) is 16.6 Å².